The lowest BCUT2D eigenvalue weighted by Crippen LogP contribution is -2.51. The van der Waals surface area contributed by atoms with E-state index in [1.54, 1.807) is 6.92 Å². The van der Waals surface area contributed by atoms with E-state index in [0.717, 1.165) is 12.8 Å². The predicted molar refractivity (Wildman–Crippen MR) is 65.8 cm³/mol. The van der Waals surface area contributed by atoms with E-state index in [2.05, 4.69) is 21.1 Å². The highest BCUT2D eigenvalue weighted by Crippen LogP contribution is 1.84. The van der Waals surface area contributed by atoms with E-state index in [1.807, 2.05) is 13.8 Å². The molecule has 0 spiro atoms. The smallest absolute Gasteiger partial charge is 0.242 e. The molecular formula is C10H23N5O. The van der Waals surface area contributed by atoms with Crippen LogP contribution in [-0.4, -0.2) is 31.0 Å². The highest BCUT2D eigenvalue weighted by molar-refractivity contribution is 5.88. The predicted octanol–water partition coefficient (Wildman–Crippen LogP) is -0.280. The van der Waals surface area contributed by atoms with Crippen molar-refractivity contribution in [1.29, 1.82) is 0 Å². The van der Waals surface area contributed by atoms with Crippen LogP contribution in [0.2, 0.25) is 0 Å². The molecule has 6 nitrogen and oxygen atoms in total. The molecule has 1 atom stereocenters. The number of guanidine groups is 1. The van der Waals surface area contributed by atoms with Crippen molar-refractivity contribution in [2.45, 2.75) is 39.7 Å². The minimum Gasteiger partial charge on any atom is -0.354 e. The molecule has 0 aliphatic carbocycles. The molecule has 16 heavy (non-hydrogen) atoms. The van der Waals surface area contributed by atoms with Crippen molar-refractivity contribution in [3.8, 4) is 0 Å². The maximum absolute atomic E-state index is 11.5. The zero-order valence-corrected chi connectivity index (χ0v) is 10.3. The van der Waals surface area contributed by atoms with Gasteiger partial charge in [0.05, 0.1) is 0 Å². The monoisotopic (exact) mass is 229 g/mol. The van der Waals surface area contributed by atoms with Gasteiger partial charge in [-0.1, -0.05) is 13.8 Å². The Balaban J connectivity index is 4.08. The normalized spacial score (nSPS) is 13.1. The van der Waals surface area contributed by atoms with Gasteiger partial charge < -0.3 is 10.6 Å². The molecule has 94 valence electrons. The van der Waals surface area contributed by atoms with E-state index >= 15 is 0 Å². The number of nitrogens with zero attached hydrogens (tertiary/aromatic N) is 1. The summed E-state index contributed by atoms with van der Waals surface area (Å²) in [5, 5.41) is 5.70. The molecule has 0 aromatic rings. The number of rotatable bonds is 6. The molecule has 0 aromatic heterocycles. The van der Waals surface area contributed by atoms with Crippen LogP contribution in [0.3, 0.4) is 0 Å². The first kappa shape index (κ1) is 14.7. The third-order valence-electron chi connectivity index (χ3n) is 1.93. The van der Waals surface area contributed by atoms with E-state index in [-0.39, 0.29) is 11.9 Å². The van der Waals surface area contributed by atoms with Gasteiger partial charge in [-0.3, -0.25) is 15.2 Å². The van der Waals surface area contributed by atoms with E-state index in [9.17, 15) is 4.79 Å². The van der Waals surface area contributed by atoms with Gasteiger partial charge in [-0.25, -0.2) is 5.84 Å². The summed E-state index contributed by atoms with van der Waals surface area (Å²) in [4.78, 5) is 15.7. The van der Waals surface area contributed by atoms with Crippen molar-refractivity contribution in [2.75, 3.05) is 13.1 Å². The van der Waals surface area contributed by atoms with Crippen LogP contribution in [0.5, 0.6) is 0 Å². The largest absolute Gasteiger partial charge is 0.354 e. The molecule has 1 unspecified atom stereocenters. The molecule has 0 aliphatic rings. The number of nitrogens with one attached hydrogen (secondary N) is 3. The lowest BCUT2D eigenvalue weighted by Gasteiger charge is -2.16. The van der Waals surface area contributed by atoms with Gasteiger partial charge in [0, 0.05) is 13.1 Å². The molecule has 0 saturated carbocycles. The zero-order valence-electron chi connectivity index (χ0n) is 10.3. The summed E-state index contributed by atoms with van der Waals surface area (Å²) >= 11 is 0. The van der Waals surface area contributed by atoms with Gasteiger partial charge in [-0.2, -0.15) is 0 Å². The minimum absolute atomic E-state index is 0.0544. The van der Waals surface area contributed by atoms with Gasteiger partial charge in [0.15, 0.2) is 0 Å². The average Bonchev–Trinajstić information content (AvgIpc) is 2.30. The first-order valence-electron chi connectivity index (χ1n) is 5.71. The summed E-state index contributed by atoms with van der Waals surface area (Å²) in [6, 6.07) is -0.349. The minimum atomic E-state index is -0.349. The number of hydrazine groups is 1. The van der Waals surface area contributed by atoms with Crippen LogP contribution in [0.4, 0.5) is 0 Å². The van der Waals surface area contributed by atoms with Gasteiger partial charge in [0.2, 0.25) is 11.9 Å². The summed E-state index contributed by atoms with van der Waals surface area (Å²) in [5.41, 5.74) is 2.44. The molecule has 1 amide bonds. The van der Waals surface area contributed by atoms with E-state index in [4.69, 9.17) is 5.84 Å². The fraction of sp³-hybridized carbons (Fsp3) is 0.800. The molecule has 0 heterocycles. The molecule has 0 bridgehead atoms. The summed E-state index contributed by atoms with van der Waals surface area (Å²) in [7, 11) is 0. The second-order valence-corrected chi connectivity index (χ2v) is 3.53. The highest BCUT2D eigenvalue weighted by Gasteiger charge is 2.12. The van der Waals surface area contributed by atoms with Crippen molar-refractivity contribution in [2.24, 2.45) is 10.8 Å². The standard InChI is InChI=1S/C10H23N5O/c1-4-6-12-9(16)8(3)14-10(15-11)13-7-5-2/h8H,4-7,11H2,1-3H3,(H,12,16)(H2,13,14,15). The highest BCUT2D eigenvalue weighted by atomic mass is 16.2. The zero-order chi connectivity index (χ0) is 12.4. The van der Waals surface area contributed by atoms with Gasteiger partial charge >= 0.3 is 0 Å². The molecule has 5 N–H and O–H groups in total. The molecule has 0 saturated heterocycles. The van der Waals surface area contributed by atoms with Crippen LogP contribution in [0.1, 0.15) is 33.6 Å². The molecule has 0 fully saturated rings. The molecule has 0 radical (unpaired) electrons. The van der Waals surface area contributed by atoms with E-state index in [1.165, 1.54) is 0 Å². The SMILES string of the molecule is CCCN=C(NN)NC(C)C(=O)NCCC. The number of amides is 1. The Labute approximate surface area is 97.0 Å². The van der Waals surface area contributed by atoms with E-state index < -0.39 is 0 Å². The Hall–Kier alpha value is -1.30. The number of carbonyl (C=O) groups excluding carboxylic acids is 1. The van der Waals surface area contributed by atoms with Gasteiger partial charge in [0.1, 0.15) is 6.04 Å². The summed E-state index contributed by atoms with van der Waals surface area (Å²) in [6.07, 6.45) is 1.85. The fourth-order valence-corrected chi connectivity index (χ4v) is 1.03. The van der Waals surface area contributed by atoms with Gasteiger partial charge in [-0.05, 0) is 19.8 Å². The Bertz CT molecular complexity index is 229. The quantitative estimate of drug-likeness (QED) is 0.218. The number of hydrogen-bond donors (Lipinski definition) is 4. The summed E-state index contributed by atoms with van der Waals surface area (Å²) in [5.74, 6) is 5.68. The number of aliphatic imine (C=N–C) groups is 1. The lowest BCUT2D eigenvalue weighted by atomic mass is 10.3. The van der Waals surface area contributed by atoms with Crippen molar-refractivity contribution >= 4 is 11.9 Å². The average molecular weight is 229 g/mol. The first-order valence-corrected chi connectivity index (χ1v) is 5.71. The van der Waals surface area contributed by atoms with Crippen molar-refractivity contribution in [3.05, 3.63) is 0 Å². The van der Waals surface area contributed by atoms with Crippen molar-refractivity contribution < 1.29 is 4.79 Å². The lowest BCUT2D eigenvalue weighted by molar-refractivity contribution is -0.122. The van der Waals surface area contributed by atoms with Crippen molar-refractivity contribution in [3.63, 3.8) is 0 Å². The van der Waals surface area contributed by atoms with Crippen LogP contribution in [-0.2, 0) is 4.79 Å². The summed E-state index contributed by atoms with van der Waals surface area (Å²) < 4.78 is 0. The second kappa shape index (κ2) is 8.96. The van der Waals surface area contributed by atoms with Gasteiger partial charge in [0.25, 0.3) is 0 Å². The summed E-state index contributed by atoms with van der Waals surface area (Å²) in [6.45, 7) is 7.16. The molecule has 0 rings (SSSR count). The van der Waals surface area contributed by atoms with Crippen LogP contribution in [0, 0.1) is 0 Å². The number of hydrogen-bond acceptors (Lipinski definition) is 3. The first-order chi connectivity index (χ1) is 7.65. The maximum atomic E-state index is 11.5. The third kappa shape index (κ3) is 6.23. The van der Waals surface area contributed by atoms with Gasteiger partial charge in [-0.15, -0.1) is 0 Å². The van der Waals surface area contributed by atoms with E-state index in [0.29, 0.717) is 19.0 Å². The second-order valence-electron chi connectivity index (χ2n) is 3.53. The van der Waals surface area contributed by atoms with Crippen LogP contribution >= 0.6 is 0 Å². The Morgan fingerprint density at radius 3 is 2.56 bits per heavy atom. The van der Waals surface area contributed by atoms with Crippen LogP contribution in [0.25, 0.3) is 0 Å². The van der Waals surface area contributed by atoms with Crippen LogP contribution in [0.15, 0.2) is 4.99 Å². The topological polar surface area (TPSA) is 91.5 Å². The number of carbonyl (C=O) groups is 1. The Morgan fingerprint density at radius 1 is 1.38 bits per heavy atom. The third-order valence-corrected chi connectivity index (χ3v) is 1.93. The maximum Gasteiger partial charge on any atom is 0.242 e. The molecule has 6 heteroatoms. The Kier molecular flexibility index (Phi) is 8.24. The van der Waals surface area contributed by atoms with Crippen LogP contribution < -0.4 is 21.9 Å². The molecule has 0 aliphatic heterocycles. The van der Waals surface area contributed by atoms with Crippen molar-refractivity contribution in [1.82, 2.24) is 16.1 Å². The molecular weight excluding hydrogens is 206 g/mol. The fourth-order valence-electron chi connectivity index (χ4n) is 1.03. The Morgan fingerprint density at radius 2 is 2.06 bits per heavy atom. The molecule has 0 aromatic carbocycles. The number of nitrogens with two attached hydrogens (primary N) is 1.